The standard InChI is InChI=1S/C19H22N2O5S2/c1-2-20(15-9-11-28(25,26)13-15)17(22)8-10-21-18(23)16(27-19(21)24)12-14-6-4-3-5-7-14/h3-7,12,15H,2,8-11,13H2,1H3/b16-12-/t15-/m0/s1. The van der Waals surface area contributed by atoms with Crippen molar-refractivity contribution in [2.75, 3.05) is 24.6 Å². The molecule has 3 rings (SSSR count). The van der Waals surface area contributed by atoms with Crippen molar-refractivity contribution in [2.24, 2.45) is 0 Å². The Morgan fingerprint density at radius 1 is 1.29 bits per heavy atom. The lowest BCUT2D eigenvalue weighted by atomic mass is 10.2. The predicted octanol–water partition coefficient (Wildman–Crippen LogP) is 2.15. The van der Waals surface area contributed by atoms with Gasteiger partial charge in [-0.15, -0.1) is 0 Å². The summed E-state index contributed by atoms with van der Waals surface area (Å²) in [5, 5.41) is -0.397. The van der Waals surface area contributed by atoms with Crippen molar-refractivity contribution >= 4 is 44.7 Å². The van der Waals surface area contributed by atoms with Crippen LogP contribution in [0.5, 0.6) is 0 Å². The van der Waals surface area contributed by atoms with Crippen molar-refractivity contribution in [1.29, 1.82) is 0 Å². The molecule has 1 aromatic carbocycles. The van der Waals surface area contributed by atoms with Gasteiger partial charge in [0.25, 0.3) is 11.1 Å². The van der Waals surface area contributed by atoms with Gasteiger partial charge in [-0.2, -0.15) is 0 Å². The summed E-state index contributed by atoms with van der Waals surface area (Å²) >= 11 is 0.862. The number of sulfone groups is 1. The van der Waals surface area contributed by atoms with Crippen molar-refractivity contribution in [3.8, 4) is 0 Å². The van der Waals surface area contributed by atoms with Crippen LogP contribution in [-0.2, 0) is 19.4 Å². The summed E-state index contributed by atoms with van der Waals surface area (Å²) in [6.07, 6.45) is 2.08. The van der Waals surface area contributed by atoms with E-state index in [1.54, 1.807) is 17.9 Å². The molecule has 1 aromatic rings. The topological polar surface area (TPSA) is 91.8 Å². The molecule has 28 heavy (non-hydrogen) atoms. The average molecular weight is 423 g/mol. The molecule has 0 unspecified atom stereocenters. The zero-order chi connectivity index (χ0) is 20.3. The van der Waals surface area contributed by atoms with E-state index in [4.69, 9.17) is 0 Å². The molecule has 3 amide bonds. The fourth-order valence-corrected chi connectivity index (χ4v) is 6.00. The van der Waals surface area contributed by atoms with Crippen LogP contribution in [0.2, 0.25) is 0 Å². The molecular formula is C19H22N2O5S2. The van der Waals surface area contributed by atoms with Gasteiger partial charge in [0.05, 0.1) is 16.4 Å². The molecule has 2 aliphatic heterocycles. The number of thioether (sulfide) groups is 1. The number of hydrogen-bond acceptors (Lipinski definition) is 6. The lowest BCUT2D eigenvalue weighted by Gasteiger charge is -2.27. The molecule has 2 aliphatic rings. The van der Waals surface area contributed by atoms with Gasteiger partial charge in [-0.1, -0.05) is 30.3 Å². The lowest BCUT2D eigenvalue weighted by molar-refractivity contribution is -0.133. The van der Waals surface area contributed by atoms with Gasteiger partial charge in [-0.25, -0.2) is 8.42 Å². The van der Waals surface area contributed by atoms with Crippen molar-refractivity contribution in [3.05, 3.63) is 40.8 Å². The van der Waals surface area contributed by atoms with E-state index in [9.17, 15) is 22.8 Å². The predicted molar refractivity (Wildman–Crippen MR) is 108 cm³/mol. The second-order valence-corrected chi connectivity index (χ2v) is 9.95. The fraction of sp³-hybridized carbons (Fsp3) is 0.421. The first-order chi connectivity index (χ1) is 13.3. The van der Waals surface area contributed by atoms with Crippen LogP contribution >= 0.6 is 11.8 Å². The van der Waals surface area contributed by atoms with E-state index in [0.717, 1.165) is 22.2 Å². The maximum Gasteiger partial charge on any atom is 0.293 e. The fourth-order valence-electron chi connectivity index (χ4n) is 3.40. The SMILES string of the molecule is CCN(C(=O)CCN1C(=O)S/C(=C\c2ccccc2)C1=O)[C@H]1CCS(=O)(=O)C1. The molecule has 0 N–H and O–H groups in total. The van der Waals surface area contributed by atoms with Gasteiger partial charge in [0.15, 0.2) is 9.84 Å². The molecule has 2 heterocycles. The molecule has 0 spiro atoms. The summed E-state index contributed by atoms with van der Waals surface area (Å²) in [5.41, 5.74) is 0.823. The van der Waals surface area contributed by atoms with Gasteiger partial charge in [0.1, 0.15) is 0 Å². The maximum atomic E-state index is 12.6. The molecule has 7 nitrogen and oxygen atoms in total. The summed E-state index contributed by atoms with van der Waals surface area (Å²) in [6, 6.07) is 8.91. The Kier molecular flexibility index (Phi) is 6.24. The van der Waals surface area contributed by atoms with Gasteiger partial charge in [-0.05, 0) is 36.7 Å². The number of carbonyl (C=O) groups is 3. The number of carbonyl (C=O) groups excluding carboxylic acids is 3. The van der Waals surface area contributed by atoms with Crippen LogP contribution in [0.15, 0.2) is 35.2 Å². The van der Waals surface area contributed by atoms with Crippen molar-refractivity contribution in [3.63, 3.8) is 0 Å². The molecule has 2 saturated heterocycles. The first kappa shape index (κ1) is 20.6. The van der Waals surface area contributed by atoms with Crippen molar-refractivity contribution < 1.29 is 22.8 Å². The summed E-state index contributed by atoms with van der Waals surface area (Å²) in [6.45, 7) is 2.19. The summed E-state index contributed by atoms with van der Waals surface area (Å²) in [5.74, 6) is -0.572. The first-order valence-electron chi connectivity index (χ1n) is 9.11. The molecule has 0 bridgehead atoms. The molecular weight excluding hydrogens is 400 g/mol. The molecule has 0 radical (unpaired) electrons. The van der Waals surface area contributed by atoms with E-state index < -0.39 is 21.0 Å². The number of hydrogen-bond donors (Lipinski definition) is 0. The highest BCUT2D eigenvalue weighted by Gasteiger charge is 2.37. The normalized spacial score (nSPS) is 22.8. The van der Waals surface area contributed by atoms with E-state index in [1.807, 2.05) is 30.3 Å². The Balaban J connectivity index is 1.62. The van der Waals surface area contributed by atoms with Crippen LogP contribution in [0.1, 0.15) is 25.3 Å². The minimum Gasteiger partial charge on any atom is -0.339 e. The van der Waals surface area contributed by atoms with E-state index in [-0.39, 0.29) is 36.4 Å². The van der Waals surface area contributed by atoms with Crippen molar-refractivity contribution in [2.45, 2.75) is 25.8 Å². The third-order valence-electron chi connectivity index (χ3n) is 4.83. The molecule has 0 aliphatic carbocycles. The van der Waals surface area contributed by atoms with Crippen LogP contribution in [0, 0.1) is 0 Å². The smallest absolute Gasteiger partial charge is 0.293 e. The first-order valence-corrected chi connectivity index (χ1v) is 11.7. The highest BCUT2D eigenvalue weighted by Crippen LogP contribution is 2.32. The van der Waals surface area contributed by atoms with E-state index in [2.05, 4.69) is 0 Å². The quantitative estimate of drug-likeness (QED) is 0.653. The molecule has 0 aromatic heterocycles. The van der Waals surface area contributed by atoms with Gasteiger partial charge < -0.3 is 4.90 Å². The Bertz CT molecular complexity index is 912. The second-order valence-electron chi connectivity index (χ2n) is 6.73. The van der Waals surface area contributed by atoms with Crippen LogP contribution in [0.4, 0.5) is 4.79 Å². The van der Waals surface area contributed by atoms with Gasteiger partial charge in [0, 0.05) is 25.6 Å². The highest BCUT2D eigenvalue weighted by molar-refractivity contribution is 8.18. The van der Waals surface area contributed by atoms with Gasteiger partial charge >= 0.3 is 0 Å². The highest BCUT2D eigenvalue weighted by atomic mass is 32.2. The third kappa shape index (κ3) is 4.64. The molecule has 2 fully saturated rings. The van der Waals surface area contributed by atoms with E-state index >= 15 is 0 Å². The largest absolute Gasteiger partial charge is 0.339 e. The monoisotopic (exact) mass is 422 g/mol. The Labute approximate surface area is 168 Å². The van der Waals surface area contributed by atoms with Gasteiger partial charge in [-0.3, -0.25) is 19.3 Å². The number of rotatable bonds is 6. The zero-order valence-corrected chi connectivity index (χ0v) is 17.2. The number of amides is 3. The lowest BCUT2D eigenvalue weighted by Crippen LogP contribution is -2.42. The Morgan fingerprint density at radius 2 is 2.00 bits per heavy atom. The summed E-state index contributed by atoms with van der Waals surface area (Å²) in [4.78, 5) is 40.3. The molecule has 0 saturated carbocycles. The zero-order valence-electron chi connectivity index (χ0n) is 15.5. The molecule has 1 atom stereocenters. The minimum atomic E-state index is -3.09. The maximum absolute atomic E-state index is 12.6. The summed E-state index contributed by atoms with van der Waals surface area (Å²) < 4.78 is 23.4. The van der Waals surface area contributed by atoms with Crippen molar-refractivity contribution in [1.82, 2.24) is 9.80 Å². The number of nitrogens with zero attached hydrogens (tertiary/aromatic N) is 2. The van der Waals surface area contributed by atoms with Gasteiger partial charge in [0.2, 0.25) is 5.91 Å². The Morgan fingerprint density at radius 3 is 2.61 bits per heavy atom. The molecule has 150 valence electrons. The second kappa shape index (κ2) is 8.48. The number of imide groups is 1. The third-order valence-corrected chi connectivity index (χ3v) is 7.49. The Hall–Kier alpha value is -2.13. The number of benzene rings is 1. The summed E-state index contributed by atoms with van der Waals surface area (Å²) in [7, 11) is -3.09. The van der Waals surface area contributed by atoms with E-state index in [0.29, 0.717) is 17.9 Å². The van der Waals surface area contributed by atoms with E-state index in [1.165, 1.54) is 0 Å². The molecule has 9 heteroatoms. The van der Waals surface area contributed by atoms with Crippen LogP contribution in [0.25, 0.3) is 6.08 Å². The van der Waals surface area contributed by atoms with Crippen LogP contribution < -0.4 is 0 Å². The van der Waals surface area contributed by atoms with Crippen LogP contribution in [0.3, 0.4) is 0 Å². The minimum absolute atomic E-state index is 0.00833. The average Bonchev–Trinajstić information content (AvgIpc) is 3.14. The van der Waals surface area contributed by atoms with Crippen LogP contribution in [-0.4, -0.2) is 65.9 Å².